The summed E-state index contributed by atoms with van der Waals surface area (Å²) in [6.07, 6.45) is 0. The molecule has 0 aromatic carbocycles. The summed E-state index contributed by atoms with van der Waals surface area (Å²) in [5.74, 6) is 0. The topological polar surface area (TPSA) is 0 Å². The Labute approximate surface area is 97.0 Å². The van der Waals surface area contributed by atoms with E-state index in [1.807, 2.05) is 0 Å². The van der Waals surface area contributed by atoms with E-state index in [2.05, 4.69) is 0 Å². The third-order valence-electron chi connectivity index (χ3n) is 0. The van der Waals surface area contributed by atoms with Crippen molar-refractivity contribution >= 4 is 18.9 Å². The molecule has 0 fully saturated rings. The van der Waals surface area contributed by atoms with Crippen LogP contribution in [-0.4, -0.2) is 18.9 Å². The van der Waals surface area contributed by atoms with Crippen molar-refractivity contribution in [2.75, 3.05) is 0 Å². The summed E-state index contributed by atoms with van der Waals surface area (Å²) in [6, 6.07) is 0. The van der Waals surface area contributed by atoms with E-state index >= 15 is 0 Å². The SMILES string of the molecule is [LiH].[Mn].[Ni].[Yb]. The Kier molecular flexibility index (Phi) is 113. The molecule has 0 N–H and O–H groups in total. The Morgan fingerprint density at radius 3 is 1.00 bits per heavy atom. The molecule has 0 aromatic rings. The van der Waals surface area contributed by atoms with E-state index in [9.17, 15) is 0 Å². The van der Waals surface area contributed by atoms with Gasteiger partial charge in [0.25, 0.3) is 0 Å². The summed E-state index contributed by atoms with van der Waals surface area (Å²) >= 11 is 0. The van der Waals surface area contributed by atoms with Crippen molar-refractivity contribution in [3.63, 3.8) is 0 Å². The standard InChI is InChI=1S/Li.Mn.Ni.Yb.H. The van der Waals surface area contributed by atoms with Crippen molar-refractivity contribution < 1.29 is 80.5 Å². The molecule has 0 saturated carbocycles. The molecule has 0 nitrogen and oxygen atoms in total. The van der Waals surface area contributed by atoms with E-state index in [1.54, 1.807) is 0 Å². The number of rotatable bonds is 0. The van der Waals surface area contributed by atoms with Crippen LogP contribution in [0.15, 0.2) is 0 Å². The second kappa shape index (κ2) is 16.5. The van der Waals surface area contributed by atoms with Crippen molar-refractivity contribution in [2.45, 2.75) is 0 Å². The first-order valence-electron chi connectivity index (χ1n) is 0. The first kappa shape index (κ1) is 27.3. The third kappa shape index (κ3) is 8.93. The molecular formula is HLiMnNiYb. The minimum absolute atomic E-state index is 0. The van der Waals surface area contributed by atoms with Gasteiger partial charge in [0.05, 0.1) is 0 Å². The third-order valence-corrected chi connectivity index (χ3v) is 0. The molecule has 0 heterocycles. The quantitative estimate of drug-likeness (QED) is 0.521. The minimum atomic E-state index is 0. The summed E-state index contributed by atoms with van der Waals surface area (Å²) in [7, 11) is 0. The molecule has 0 aliphatic carbocycles. The maximum absolute atomic E-state index is 0. The maximum Gasteiger partial charge on any atom is 0 e. The predicted molar refractivity (Wildman–Crippen MR) is 7.15 cm³/mol. The zero-order chi connectivity index (χ0) is 0. The molecule has 0 unspecified atom stereocenters. The van der Waals surface area contributed by atoms with Gasteiger partial charge in [-0.05, 0) is 0 Å². The van der Waals surface area contributed by atoms with E-state index in [0.29, 0.717) is 0 Å². The van der Waals surface area contributed by atoms with Crippen LogP contribution in [0.2, 0.25) is 0 Å². The second-order valence-corrected chi connectivity index (χ2v) is 0. The zero-order valence-electron chi connectivity index (χ0n) is 0.961. The van der Waals surface area contributed by atoms with E-state index < -0.39 is 0 Å². The molecule has 0 aliphatic heterocycles. The molecular weight excluding hydrogens is 294 g/mol. The molecule has 0 aliphatic rings. The Hall–Kier alpha value is 3.13. The van der Waals surface area contributed by atoms with E-state index in [0.717, 1.165) is 0 Å². The van der Waals surface area contributed by atoms with Gasteiger partial charge >= 0.3 is 18.9 Å². The van der Waals surface area contributed by atoms with Gasteiger partial charge in [0, 0.05) is 80.5 Å². The fourth-order valence-electron chi connectivity index (χ4n) is 0. The van der Waals surface area contributed by atoms with Crippen LogP contribution in [0.1, 0.15) is 0 Å². The van der Waals surface area contributed by atoms with Crippen LogP contribution < -0.4 is 0 Å². The van der Waals surface area contributed by atoms with Crippen LogP contribution in [0.5, 0.6) is 0 Å². The molecule has 0 rings (SSSR count). The molecule has 0 bridgehead atoms. The van der Waals surface area contributed by atoms with Crippen LogP contribution in [0, 0.1) is 46.9 Å². The van der Waals surface area contributed by atoms with Crippen LogP contribution in [-0.2, 0) is 33.6 Å². The molecule has 0 spiro atoms. The maximum atomic E-state index is 0. The van der Waals surface area contributed by atoms with Gasteiger partial charge in [-0.3, -0.25) is 0 Å². The van der Waals surface area contributed by atoms with E-state index in [4.69, 9.17) is 0 Å². The minimum Gasteiger partial charge on any atom is 0 e. The van der Waals surface area contributed by atoms with Crippen molar-refractivity contribution in [1.82, 2.24) is 0 Å². The van der Waals surface area contributed by atoms with Crippen LogP contribution in [0.25, 0.3) is 0 Å². The molecule has 0 atom stereocenters. The van der Waals surface area contributed by atoms with Gasteiger partial charge in [-0.2, -0.15) is 0 Å². The van der Waals surface area contributed by atoms with Crippen LogP contribution >= 0.6 is 0 Å². The van der Waals surface area contributed by atoms with E-state index in [1.165, 1.54) is 0 Å². The molecule has 4 heavy (non-hydrogen) atoms. The van der Waals surface area contributed by atoms with E-state index in [-0.39, 0.29) is 99.3 Å². The van der Waals surface area contributed by atoms with Crippen molar-refractivity contribution in [2.24, 2.45) is 0 Å². The van der Waals surface area contributed by atoms with Crippen molar-refractivity contribution in [3.05, 3.63) is 0 Å². The summed E-state index contributed by atoms with van der Waals surface area (Å²) in [5, 5.41) is 0. The van der Waals surface area contributed by atoms with Gasteiger partial charge in [-0.15, -0.1) is 0 Å². The number of hydrogen-bond acceptors (Lipinski definition) is 0. The monoisotopic (exact) mass is 295 g/mol. The van der Waals surface area contributed by atoms with Gasteiger partial charge in [0.2, 0.25) is 0 Å². The Morgan fingerprint density at radius 1 is 1.00 bits per heavy atom. The first-order chi connectivity index (χ1) is 0. The molecule has 1 radical (unpaired) electrons. The number of hydrogen-bond donors (Lipinski definition) is 0. The molecule has 0 aromatic heterocycles. The first-order valence-corrected chi connectivity index (χ1v) is 0. The molecule has 0 amide bonds. The average Bonchev–Trinajstić information content (AvgIpc) is 0. The van der Waals surface area contributed by atoms with Crippen molar-refractivity contribution in [1.29, 1.82) is 0 Å². The summed E-state index contributed by atoms with van der Waals surface area (Å²) < 4.78 is 0. The zero-order valence-corrected chi connectivity index (χ0v) is 4.84. The van der Waals surface area contributed by atoms with Gasteiger partial charge in [-0.25, -0.2) is 0 Å². The molecule has 4 heteroatoms. The second-order valence-electron chi connectivity index (χ2n) is 0. The Morgan fingerprint density at radius 2 is 1.00 bits per heavy atom. The largest absolute Gasteiger partial charge is 0 e. The van der Waals surface area contributed by atoms with Gasteiger partial charge < -0.3 is 0 Å². The summed E-state index contributed by atoms with van der Waals surface area (Å²) in [5.41, 5.74) is 0. The molecule has 33 valence electrons. The van der Waals surface area contributed by atoms with Crippen molar-refractivity contribution in [3.8, 4) is 0 Å². The Balaban J connectivity index is 0. The van der Waals surface area contributed by atoms with Gasteiger partial charge in [-0.1, -0.05) is 0 Å². The average molecular weight is 295 g/mol. The van der Waals surface area contributed by atoms with Crippen LogP contribution in [0.4, 0.5) is 0 Å². The normalized spacial score (nSPS) is 0. The summed E-state index contributed by atoms with van der Waals surface area (Å²) in [6.45, 7) is 0. The fourth-order valence-corrected chi connectivity index (χ4v) is 0. The molecule has 0 saturated heterocycles. The Bertz CT molecular complexity index is 8.00. The predicted octanol–water partition coefficient (Wildman–Crippen LogP) is -0.653. The van der Waals surface area contributed by atoms with Gasteiger partial charge in [0.15, 0.2) is 0 Å². The van der Waals surface area contributed by atoms with Crippen LogP contribution in [0.3, 0.4) is 0 Å². The fraction of sp³-hybridized carbons (Fsp3) is 0. The summed E-state index contributed by atoms with van der Waals surface area (Å²) in [4.78, 5) is 0. The smallest absolute Gasteiger partial charge is 0 e. The van der Waals surface area contributed by atoms with Gasteiger partial charge in [0.1, 0.15) is 0 Å².